The molecule has 0 bridgehead atoms. The smallest absolute Gasteiger partial charge is 0.212 e. The van der Waals surface area contributed by atoms with E-state index in [1.165, 1.54) is 0 Å². The molecule has 5 heterocycles. The molecule has 136 valence electrons. The van der Waals surface area contributed by atoms with Gasteiger partial charge in [0.1, 0.15) is 5.65 Å². The number of nitrogens with one attached hydrogen (secondary N) is 1. The summed E-state index contributed by atoms with van der Waals surface area (Å²) in [6, 6.07) is 13.7. The zero-order valence-electron chi connectivity index (χ0n) is 15.1. The molecule has 0 aliphatic rings. The van der Waals surface area contributed by atoms with Crippen LogP contribution in [-0.4, -0.2) is 36.7 Å². The van der Waals surface area contributed by atoms with Crippen LogP contribution < -0.4 is 4.74 Å². The van der Waals surface area contributed by atoms with Gasteiger partial charge < -0.3 is 4.74 Å². The highest BCUT2D eigenvalue weighted by molar-refractivity contribution is 5.80. The number of rotatable bonds is 4. The van der Waals surface area contributed by atoms with Crippen LogP contribution in [0.1, 0.15) is 0 Å². The molecule has 0 saturated carbocycles. The first kappa shape index (κ1) is 16.2. The van der Waals surface area contributed by atoms with Crippen molar-refractivity contribution in [1.82, 2.24) is 29.5 Å². The molecule has 0 amide bonds. The van der Waals surface area contributed by atoms with Crippen molar-refractivity contribution in [2.45, 2.75) is 0 Å². The lowest BCUT2D eigenvalue weighted by atomic mass is 10.0. The maximum absolute atomic E-state index is 5.14. The summed E-state index contributed by atoms with van der Waals surface area (Å²) in [5, 5.41) is 7.32. The number of hydrogen-bond acceptors (Lipinski definition) is 5. The molecule has 7 heteroatoms. The van der Waals surface area contributed by atoms with Crippen LogP contribution in [0.4, 0.5) is 0 Å². The molecule has 28 heavy (non-hydrogen) atoms. The van der Waals surface area contributed by atoms with E-state index in [1.54, 1.807) is 19.5 Å². The van der Waals surface area contributed by atoms with Crippen LogP contribution in [0, 0.1) is 0 Å². The average molecular weight is 368 g/mol. The number of hydrogen-bond donors (Lipinski definition) is 1. The Kier molecular flexibility index (Phi) is 3.83. The minimum atomic E-state index is 0.574. The highest BCUT2D eigenvalue weighted by atomic mass is 16.5. The zero-order chi connectivity index (χ0) is 18.9. The summed E-state index contributed by atoms with van der Waals surface area (Å²) in [7, 11) is 1.60. The minimum absolute atomic E-state index is 0.574. The molecule has 0 atom stereocenters. The van der Waals surface area contributed by atoms with Crippen LogP contribution in [0.2, 0.25) is 0 Å². The fraction of sp³-hybridized carbons (Fsp3) is 0.0476. The third-order valence-corrected chi connectivity index (χ3v) is 4.62. The van der Waals surface area contributed by atoms with Crippen molar-refractivity contribution < 1.29 is 4.74 Å². The summed E-state index contributed by atoms with van der Waals surface area (Å²) in [5.74, 6) is 0.574. The second-order valence-electron chi connectivity index (χ2n) is 6.25. The quantitative estimate of drug-likeness (QED) is 0.521. The summed E-state index contributed by atoms with van der Waals surface area (Å²) >= 11 is 0. The second kappa shape index (κ2) is 6.62. The van der Waals surface area contributed by atoms with Crippen LogP contribution in [-0.2, 0) is 0 Å². The fourth-order valence-corrected chi connectivity index (χ4v) is 3.22. The van der Waals surface area contributed by atoms with Crippen LogP contribution in [0.5, 0.6) is 5.88 Å². The van der Waals surface area contributed by atoms with E-state index >= 15 is 0 Å². The number of aromatic nitrogens is 6. The lowest BCUT2D eigenvalue weighted by Crippen LogP contribution is -1.92. The zero-order valence-corrected chi connectivity index (χ0v) is 15.1. The van der Waals surface area contributed by atoms with Crippen molar-refractivity contribution in [3.8, 4) is 39.7 Å². The molecule has 0 aromatic carbocycles. The van der Waals surface area contributed by atoms with Gasteiger partial charge >= 0.3 is 0 Å². The number of fused-ring (bicyclic) bond motifs is 1. The first-order valence-electron chi connectivity index (χ1n) is 8.76. The number of ether oxygens (including phenoxy) is 1. The molecule has 7 nitrogen and oxygen atoms in total. The maximum atomic E-state index is 5.14. The maximum Gasteiger partial charge on any atom is 0.212 e. The molecule has 0 unspecified atom stereocenters. The first-order chi connectivity index (χ1) is 13.8. The molecule has 0 spiro atoms. The van der Waals surface area contributed by atoms with Gasteiger partial charge in [0.2, 0.25) is 5.88 Å². The molecule has 5 aromatic heterocycles. The lowest BCUT2D eigenvalue weighted by Gasteiger charge is -2.07. The van der Waals surface area contributed by atoms with E-state index in [4.69, 9.17) is 4.74 Å². The predicted molar refractivity (Wildman–Crippen MR) is 106 cm³/mol. The van der Waals surface area contributed by atoms with E-state index in [0.717, 1.165) is 39.4 Å². The van der Waals surface area contributed by atoms with Gasteiger partial charge in [0.05, 0.1) is 36.6 Å². The topological polar surface area (TPSA) is 81.0 Å². The standard InChI is InChI=1S/C21H16N6O/c1-28-20-8-6-14(10-24-20)21-16(11-25-26-21)15-5-7-19-23-12-18(27(19)13-15)17-4-2-3-9-22-17/h2-13H,1H3,(H,25,26). The third-order valence-electron chi connectivity index (χ3n) is 4.62. The minimum Gasteiger partial charge on any atom is -0.481 e. The Balaban J connectivity index is 1.62. The van der Waals surface area contributed by atoms with Gasteiger partial charge in [-0.15, -0.1) is 0 Å². The van der Waals surface area contributed by atoms with Gasteiger partial charge in [-0.05, 0) is 30.3 Å². The van der Waals surface area contributed by atoms with E-state index in [1.807, 2.05) is 59.3 Å². The SMILES string of the molecule is COc1ccc(-c2[nH]ncc2-c2ccc3ncc(-c4ccccn4)n3c2)cn1. The van der Waals surface area contributed by atoms with E-state index in [-0.39, 0.29) is 0 Å². The molecule has 0 saturated heterocycles. The van der Waals surface area contributed by atoms with Gasteiger partial charge in [0, 0.05) is 41.3 Å². The number of nitrogens with zero attached hydrogens (tertiary/aromatic N) is 5. The summed E-state index contributed by atoms with van der Waals surface area (Å²) in [4.78, 5) is 13.2. The van der Waals surface area contributed by atoms with Crippen molar-refractivity contribution in [3.63, 3.8) is 0 Å². The monoisotopic (exact) mass is 368 g/mol. The number of H-pyrrole nitrogens is 1. The average Bonchev–Trinajstić information content (AvgIpc) is 3.41. The van der Waals surface area contributed by atoms with Crippen LogP contribution in [0.3, 0.4) is 0 Å². The highest BCUT2D eigenvalue weighted by Gasteiger charge is 2.13. The molecule has 0 aliphatic carbocycles. The number of imidazole rings is 1. The van der Waals surface area contributed by atoms with Crippen LogP contribution in [0.25, 0.3) is 39.4 Å². The number of aromatic amines is 1. The Hall–Kier alpha value is -4.00. The summed E-state index contributed by atoms with van der Waals surface area (Å²) in [6.45, 7) is 0. The van der Waals surface area contributed by atoms with Gasteiger partial charge in [0.25, 0.3) is 0 Å². The molecule has 0 fully saturated rings. The largest absolute Gasteiger partial charge is 0.481 e. The Morgan fingerprint density at radius 2 is 1.82 bits per heavy atom. The Bertz CT molecular complexity index is 1240. The molecular weight excluding hydrogens is 352 g/mol. The summed E-state index contributed by atoms with van der Waals surface area (Å²) < 4.78 is 7.19. The van der Waals surface area contributed by atoms with Crippen molar-refractivity contribution in [3.05, 3.63) is 73.4 Å². The molecule has 1 N–H and O–H groups in total. The molecule has 5 rings (SSSR count). The fourth-order valence-electron chi connectivity index (χ4n) is 3.22. The van der Waals surface area contributed by atoms with Gasteiger partial charge in [-0.3, -0.25) is 14.5 Å². The van der Waals surface area contributed by atoms with Crippen molar-refractivity contribution in [1.29, 1.82) is 0 Å². The lowest BCUT2D eigenvalue weighted by molar-refractivity contribution is 0.398. The highest BCUT2D eigenvalue weighted by Crippen LogP contribution is 2.31. The van der Waals surface area contributed by atoms with Crippen molar-refractivity contribution in [2.24, 2.45) is 0 Å². The predicted octanol–water partition coefficient (Wildman–Crippen LogP) is 3.86. The van der Waals surface area contributed by atoms with Gasteiger partial charge in [0.15, 0.2) is 0 Å². The molecular formula is C21H16N6O. The van der Waals surface area contributed by atoms with E-state index in [0.29, 0.717) is 5.88 Å². The number of methoxy groups -OCH3 is 1. The molecule has 0 aliphatic heterocycles. The van der Waals surface area contributed by atoms with E-state index in [9.17, 15) is 0 Å². The Morgan fingerprint density at radius 1 is 0.893 bits per heavy atom. The van der Waals surface area contributed by atoms with E-state index < -0.39 is 0 Å². The molecule has 0 radical (unpaired) electrons. The first-order valence-corrected chi connectivity index (χ1v) is 8.76. The summed E-state index contributed by atoms with van der Waals surface area (Å²) in [5.41, 5.74) is 6.50. The normalized spacial score (nSPS) is 11.0. The molecule has 5 aromatic rings. The second-order valence-corrected chi connectivity index (χ2v) is 6.25. The Morgan fingerprint density at radius 3 is 2.61 bits per heavy atom. The van der Waals surface area contributed by atoms with E-state index in [2.05, 4.69) is 31.3 Å². The van der Waals surface area contributed by atoms with Crippen LogP contribution >= 0.6 is 0 Å². The third kappa shape index (κ3) is 2.69. The Labute approximate surface area is 160 Å². The number of pyridine rings is 3. The van der Waals surface area contributed by atoms with Crippen LogP contribution in [0.15, 0.2) is 73.4 Å². The van der Waals surface area contributed by atoms with Gasteiger partial charge in [-0.1, -0.05) is 6.07 Å². The van der Waals surface area contributed by atoms with Crippen molar-refractivity contribution >= 4 is 5.65 Å². The summed E-state index contributed by atoms with van der Waals surface area (Å²) in [6.07, 6.45) is 9.26. The van der Waals surface area contributed by atoms with Gasteiger partial charge in [-0.2, -0.15) is 5.10 Å². The van der Waals surface area contributed by atoms with Crippen molar-refractivity contribution in [2.75, 3.05) is 7.11 Å². The van der Waals surface area contributed by atoms with Gasteiger partial charge in [-0.25, -0.2) is 9.97 Å².